The van der Waals surface area contributed by atoms with E-state index < -0.39 is 0 Å². The van der Waals surface area contributed by atoms with Crippen molar-refractivity contribution in [3.63, 3.8) is 0 Å². The molecular weight excluding hydrogens is 213 g/mol. The molecule has 1 N–H and O–H groups in total. The molecule has 0 aliphatic rings. The predicted molar refractivity (Wildman–Crippen MR) is 58.5 cm³/mol. The van der Waals surface area contributed by atoms with Crippen molar-refractivity contribution in [2.45, 2.75) is 6.42 Å². The number of nitrogens with one attached hydrogen (secondary N) is 1. The Morgan fingerprint density at radius 1 is 1.27 bits per heavy atom. The van der Waals surface area contributed by atoms with Gasteiger partial charge in [-0.2, -0.15) is 0 Å². The maximum Gasteiger partial charge on any atom is 0.205 e. The molecule has 0 aliphatic carbocycles. The molecule has 0 atom stereocenters. The van der Waals surface area contributed by atoms with Gasteiger partial charge in [-0.05, 0) is 24.1 Å². The predicted octanol–water partition coefficient (Wildman–Crippen LogP) is 2.33. The zero-order valence-corrected chi connectivity index (χ0v) is 8.80. The average molecular weight is 223 g/mol. The molecule has 3 nitrogen and oxygen atoms in total. The topological polar surface area (TPSA) is 37.8 Å². The minimum Gasteiger partial charge on any atom is -0.360 e. The van der Waals surface area contributed by atoms with Crippen molar-refractivity contribution in [2.75, 3.05) is 11.9 Å². The number of rotatable bonds is 4. The van der Waals surface area contributed by atoms with Crippen LogP contribution in [0.3, 0.4) is 0 Å². The zero-order valence-electron chi connectivity index (χ0n) is 7.98. The fourth-order valence-electron chi connectivity index (χ4n) is 1.21. The highest BCUT2D eigenvalue weighted by Gasteiger charge is 1.96. The smallest absolute Gasteiger partial charge is 0.205 e. The number of aromatic nitrogens is 2. The van der Waals surface area contributed by atoms with Crippen molar-refractivity contribution >= 4 is 16.5 Å². The van der Waals surface area contributed by atoms with E-state index in [1.807, 2.05) is 0 Å². The molecule has 1 aromatic carbocycles. The SMILES string of the molecule is Fc1ccc(CCNc2nncs2)cc1. The Balaban J connectivity index is 1.81. The Kier molecular flexibility index (Phi) is 3.24. The molecular formula is C10H10FN3S. The van der Waals surface area contributed by atoms with Gasteiger partial charge in [-0.15, -0.1) is 10.2 Å². The van der Waals surface area contributed by atoms with E-state index in [2.05, 4.69) is 15.5 Å². The summed E-state index contributed by atoms with van der Waals surface area (Å²) < 4.78 is 12.6. The van der Waals surface area contributed by atoms with Crippen LogP contribution >= 0.6 is 11.3 Å². The van der Waals surface area contributed by atoms with Gasteiger partial charge < -0.3 is 5.32 Å². The minimum atomic E-state index is -0.198. The number of halogens is 1. The lowest BCUT2D eigenvalue weighted by Crippen LogP contribution is -2.04. The van der Waals surface area contributed by atoms with Crippen LogP contribution < -0.4 is 5.32 Å². The Labute approximate surface area is 91.0 Å². The summed E-state index contributed by atoms with van der Waals surface area (Å²) in [5.74, 6) is -0.198. The minimum absolute atomic E-state index is 0.198. The van der Waals surface area contributed by atoms with Crippen LogP contribution in [0.1, 0.15) is 5.56 Å². The van der Waals surface area contributed by atoms with Crippen LogP contribution in [0.5, 0.6) is 0 Å². The van der Waals surface area contributed by atoms with E-state index in [1.54, 1.807) is 17.6 Å². The van der Waals surface area contributed by atoms with Gasteiger partial charge in [0, 0.05) is 6.54 Å². The molecule has 15 heavy (non-hydrogen) atoms. The molecule has 0 spiro atoms. The molecule has 0 saturated carbocycles. The number of hydrogen-bond acceptors (Lipinski definition) is 4. The summed E-state index contributed by atoms with van der Waals surface area (Å²) in [5.41, 5.74) is 2.79. The monoisotopic (exact) mass is 223 g/mol. The Morgan fingerprint density at radius 2 is 2.07 bits per heavy atom. The first-order chi connectivity index (χ1) is 7.34. The van der Waals surface area contributed by atoms with Gasteiger partial charge in [0.2, 0.25) is 5.13 Å². The third-order valence-corrected chi connectivity index (χ3v) is 2.61. The van der Waals surface area contributed by atoms with Gasteiger partial charge in [0.05, 0.1) is 0 Å². The zero-order chi connectivity index (χ0) is 10.5. The van der Waals surface area contributed by atoms with Crippen molar-refractivity contribution in [3.05, 3.63) is 41.2 Å². The second-order valence-electron chi connectivity index (χ2n) is 3.05. The second-order valence-corrected chi connectivity index (χ2v) is 3.88. The van der Waals surface area contributed by atoms with E-state index >= 15 is 0 Å². The fraction of sp³-hybridized carbons (Fsp3) is 0.200. The van der Waals surface area contributed by atoms with Crippen molar-refractivity contribution in [1.29, 1.82) is 0 Å². The first kappa shape index (κ1) is 10.0. The van der Waals surface area contributed by atoms with E-state index in [0.29, 0.717) is 0 Å². The van der Waals surface area contributed by atoms with Gasteiger partial charge in [0.15, 0.2) is 0 Å². The van der Waals surface area contributed by atoms with Crippen molar-refractivity contribution < 1.29 is 4.39 Å². The van der Waals surface area contributed by atoms with Crippen LogP contribution in [0.15, 0.2) is 29.8 Å². The van der Waals surface area contributed by atoms with Gasteiger partial charge in [-0.25, -0.2) is 4.39 Å². The molecule has 1 aromatic heterocycles. The fourth-order valence-corrected chi connectivity index (χ4v) is 1.69. The number of hydrogen-bond donors (Lipinski definition) is 1. The van der Waals surface area contributed by atoms with Crippen LogP contribution in [0, 0.1) is 5.82 Å². The van der Waals surface area contributed by atoms with Crippen molar-refractivity contribution in [1.82, 2.24) is 10.2 Å². The maximum atomic E-state index is 12.6. The molecule has 0 fully saturated rings. The van der Waals surface area contributed by atoms with Crippen LogP contribution in [0.4, 0.5) is 9.52 Å². The van der Waals surface area contributed by atoms with E-state index in [0.717, 1.165) is 23.7 Å². The maximum absolute atomic E-state index is 12.6. The molecule has 2 aromatic rings. The van der Waals surface area contributed by atoms with Gasteiger partial charge in [-0.3, -0.25) is 0 Å². The van der Waals surface area contributed by atoms with Crippen molar-refractivity contribution in [2.24, 2.45) is 0 Å². The Hall–Kier alpha value is -1.49. The third-order valence-electron chi connectivity index (χ3n) is 1.96. The summed E-state index contributed by atoms with van der Waals surface area (Å²) in [4.78, 5) is 0. The van der Waals surface area contributed by atoms with Gasteiger partial charge >= 0.3 is 0 Å². The van der Waals surface area contributed by atoms with E-state index in [-0.39, 0.29) is 5.82 Å². The highest BCUT2D eigenvalue weighted by molar-refractivity contribution is 7.13. The van der Waals surface area contributed by atoms with Crippen LogP contribution in [-0.2, 0) is 6.42 Å². The summed E-state index contributed by atoms with van der Waals surface area (Å²) >= 11 is 1.47. The van der Waals surface area contributed by atoms with E-state index in [4.69, 9.17) is 0 Å². The van der Waals surface area contributed by atoms with Gasteiger partial charge in [0.25, 0.3) is 0 Å². The first-order valence-electron chi connectivity index (χ1n) is 4.59. The van der Waals surface area contributed by atoms with Crippen LogP contribution in [0.2, 0.25) is 0 Å². The number of anilines is 1. The first-order valence-corrected chi connectivity index (χ1v) is 5.47. The molecule has 0 bridgehead atoms. The molecule has 0 radical (unpaired) electrons. The number of benzene rings is 1. The second kappa shape index (κ2) is 4.84. The van der Waals surface area contributed by atoms with Gasteiger partial charge in [0.1, 0.15) is 11.3 Å². The summed E-state index contributed by atoms with van der Waals surface area (Å²) in [6, 6.07) is 6.52. The Bertz CT molecular complexity index is 399. The largest absolute Gasteiger partial charge is 0.360 e. The summed E-state index contributed by atoms with van der Waals surface area (Å²) in [7, 11) is 0. The molecule has 0 amide bonds. The third kappa shape index (κ3) is 2.99. The number of nitrogens with zero attached hydrogens (tertiary/aromatic N) is 2. The highest BCUT2D eigenvalue weighted by atomic mass is 32.1. The summed E-state index contributed by atoms with van der Waals surface area (Å²) in [5, 5.41) is 11.5. The molecule has 1 heterocycles. The van der Waals surface area contributed by atoms with Crippen molar-refractivity contribution in [3.8, 4) is 0 Å². The van der Waals surface area contributed by atoms with E-state index in [9.17, 15) is 4.39 Å². The van der Waals surface area contributed by atoms with Gasteiger partial charge in [-0.1, -0.05) is 23.5 Å². The summed E-state index contributed by atoms with van der Waals surface area (Å²) in [6.07, 6.45) is 0.847. The molecule has 0 saturated heterocycles. The molecule has 5 heteroatoms. The average Bonchev–Trinajstić information content (AvgIpc) is 2.74. The van der Waals surface area contributed by atoms with Crippen LogP contribution in [0.25, 0.3) is 0 Å². The highest BCUT2D eigenvalue weighted by Crippen LogP contribution is 2.08. The standard InChI is InChI=1S/C10H10FN3S/c11-9-3-1-8(2-4-9)5-6-12-10-14-13-7-15-10/h1-4,7H,5-6H2,(H,12,14). The summed E-state index contributed by atoms with van der Waals surface area (Å²) in [6.45, 7) is 0.779. The Morgan fingerprint density at radius 3 is 2.73 bits per heavy atom. The molecule has 0 aliphatic heterocycles. The lowest BCUT2D eigenvalue weighted by molar-refractivity contribution is 0.627. The lowest BCUT2D eigenvalue weighted by Gasteiger charge is -2.02. The molecule has 78 valence electrons. The molecule has 0 unspecified atom stereocenters. The van der Waals surface area contributed by atoms with E-state index in [1.165, 1.54) is 23.5 Å². The molecule has 2 rings (SSSR count). The normalized spacial score (nSPS) is 10.2. The van der Waals surface area contributed by atoms with Crippen LogP contribution in [-0.4, -0.2) is 16.7 Å². The lowest BCUT2D eigenvalue weighted by atomic mass is 10.1. The quantitative estimate of drug-likeness (QED) is 0.864.